The summed E-state index contributed by atoms with van der Waals surface area (Å²) < 4.78 is 5.30. The molecule has 1 unspecified atom stereocenters. The summed E-state index contributed by atoms with van der Waals surface area (Å²) in [6.45, 7) is 7.30. The van der Waals surface area contributed by atoms with Crippen molar-refractivity contribution in [2.75, 3.05) is 16.8 Å². The van der Waals surface area contributed by atoms with E-state index < -0.39 is 17.7 Å². The second-order valence-corrected chi connectivity index (χ2v) is 8.99. The van der Waals surface area contributed by atoms with E-state index in [0.29, 0.717) is 11.4 Å². The Hall–Kier alpha value is -2.57. The highest BCUT2D eigenvalue weighted by Gasteiger charge is 2.36. The molecule has 2 aliphatic rings. The van der Waals surface area contributed by atoms with Crippen molar-refractivity contribution in [1.29, 1.82) is 0 Å². The summed E-state index contributed by atoms with van der Waals surface area (Å²) in [5, 5.41) is 5.50. The van der Waals surface area contributed by atoms with Crippen LogP contribution in [0, 0.1) is 12.8 Å². The van der Waals surface area contributed by atoms with Gasteiger partial charge in [0.1, 0.15) is 11.6 Å². The van der Waals surface area contributed by atoms with Crippen molar-refractivity contribution in [2.45, 2.75) is 71.4 Å². The van der Waals surface area contributed by atoms with Crippen molar-refractivity contribution in [3.8, 4) is 0 Å². The standard InChI is InChI=1S/C22H31N3O4/c1-14-10-11-18-16(12-14)23-19(26)17(24-21(28)29-22(2,3)4)13-25(18)20(27)15-8-6-5-7-9-15/h10-12,15,17H,5-9,13H2,1-4H3,(H,23,26)(H,24,28). The molecular weight excluding hydrogens is 370 g/mol. The predicted molar refractivity (Wildman–Crippen MR) is 112 cm³/mol. The fourth-order valence-electron chi connectivity index (χ4n) is 3.91. The zero-order valence-corrected chi connectivity index (χ0v) is 17.7. The number of nitrogens with zero attached hydrogens (tertiary/aromatic N) is 1. The average Bonchev–Trinajstić information content (AvgIpc) is 2.76. The molecule has 0 radical (unpaired) electrons. The Morgan fingerprint density at radius 3 is 2.52 bits per heavy atom. The molecule has 1 aliphatic heterocycles. The van der Waals surface area contributed by atoms with Crippen LogP contribution in [-0.2, 0) is 14.3 Å². The van der Waals surface area contributed by atoms with Crippen LogP contribution in [0.4, 0.5) is 16.2 Å². The topological polar surface area (TPSA) is 87.7 Å². The van der Waals surface area contributed by atoms with Gasteiger partial charge in [-0.05, 0) is 58.2 Å². The van der Waals surface area contributed by atoms with Gasteiger partial charge in [0.25, 0.3) is 0 Å². The van der Waals surface area contributed by atoms with Gasteiger partial charge in [-0.3, -0.25) is 9.59 Å². The summed E-state index contributed by atoms with van der Waals surface area (Å²) in [5.41, 5.74) is 1.57. The van der Waals surface area contributed by atoms with Crippen molar-refractivity contribution in [2.24, 2.45) is 5.92 Å². The van der Waals surface area contributed by atoms with Gasteiger partial charge < -0.3 is 20.3 Å². The lowest BCUT2D eigenvalue weighted by molar-refractivity contribution is -0.123. The Balaban J connectivity index is 1.88. The summed E-state index contributed by atoms with van der Waals surface area (Å²) in [6, 6.07) is 4.74. The van der Waals surface area contributed by atoms with Crippen LogP contribution in [0.1, 0.15) is 58.4 Å². The first-order valence-electron chi connectivity index (χ1n) is 10.4. The Morgan fingerprint density at radius 1 is 1.17 bits per heavy atom. The lowest BCUT2D eigenvalue weighted by Crippen LogP contribution is -2.52. The maximum absolute atomic E-state index is 13.4. The highest BCUT2D eigenvalue weighted by Crippen LogP contribution is 2.34. The molecule has 7 heteroatoms. The minimum Gasteiger partial charge on any atom is -0.444 e. The highest BCUT2D eigenvalue weighted by atomic mass is 16.6. The van der Waals surface area contributed by atoms with Crippen LogP contribution in [-0.4, -0.2) is 36.1 Å². The number of alkyl carbamates (subject to hydrolysis) is 1. The van der Waals surface area contributed by atoms with Gasteiger partial charge in [0, 0.05) is 5.92 Å². The largest absolute Gasteiger partial charge is 0.444 e. The fourth-order valence-corrected chi connectivity index (χ4v) is 3.91. The molecule has 3 rings (SSSR count). The van der Waals surface area contributed by atoms with Gasteiger partial charge in [-0.2, -0.15) is 0 Å². The van der Waals surface area contributed by atoms with Crippen LogP contribution < -0.4 is 15.5 Å². The summed E-state index contributed by atoms with van der Waals surface area (Å²) in [7, 11) is 0. The third-order valence-corrected chi connectivity index (χ3v) is 5.29. The monoisotopic (exact) mass is 401 g/mol. The molecule has 7 nitrogen and oxygen atoms in total. The molecule has 0 spiro atoms. The van der Waals surface area contributed by atoms with Gasteiger partial charge in [0.05, 0.1) is 17.9 Å². The fraction of sp³-hybridized carbons (Fsp3) is 0.591. The molecule has 1 fully saturated rings. The number of aryl methyl sites for hydroxylation is 1. The highest BCUT2D eigenvalue weighted by molar-refractivity contribution is 6.07. The van der Waals surface area contributed by atoms with Crippen molar-refractivity contribution in [3.63, 3.8) is 0 Å². The quantitative estimate of drug-likeness (QED) is 0.790. The van der Waals surface area contributed by atoms with Crippen LogP contribution in [0.2, 0.25) is 0 Å². The van der Waals surface area contributed by atoms with E-state index in [1.54, 1.807) is 25.7 Å². The number of rotatable bonds is 2. The smallest absolute Gasteiger partial charge is 0.408 e. The molecule has 158 valence electrons. The van der Waals surface area contributed by atoms with Crippen molar-refractivity contribution in [1.82, 2.24) is 5.32 Å². The number of hydrogen-bond donors (Lipinski definition) is 2. The lowest BCUT2D eigenvalue weighted by Gasteiger charge is -2.31. The molecule has 1 saturated carbocycles. The predicted octanol–water partition coefficient (Wildman–Crippen LogP) is 3.75. The Kier molecular flexibility index (Phi) is 6.15. The van der Waals surface area contributed by atoms with E-state index in [1.807, 2.05) is 25.1 Å². The number of nitrogens with one attached hydrogen (secondary N) is 2. The molecule has 1 aromatic carbocycles. The minimum absolute atomic E-state index is 0.0160. The number of carbonyl (C=O) groups excluding carboxylic acids is 3. The number of anilines is 2. The molecule has 0 aromatic heterocycles. The number of hydrogen-bond acceptors (Lipinski definition) is 4. The number of fused-ring (bicyclic) bond motifs is 1. The van der Waals surface area contributed by atoms with E-state index >= 15 is 0 Å². The van der Waals surface area contributed by atoms with E-state index in [9.17, 15) is 14.4 Å². The van der Waals surface area contributed by atoms with Gasteiger partial charge in [0.2, 0.25) is 11.8 Å². The van der Waals surface area contributed by atoms with Crippen LogP contribution in [0.25, 0.3) is 0 Å². The first-order chi connectivity index (χ1) is 13.6. The molecule has 2 N–H and O–H groups in total. The molecule has 1 heterocycles. The maximum Gasteiger partial charge on any atom is 0.408 e. The van der Waals surface area contributed by atoms with Crippen molar-refractivity contribution >= 4 is 29.3 Å². The average molecular weight is 402 g/mol. The van der Waals surface area contributed by atoms with Gasteiger partial charge in [-0.25, -0.2) is 4.79 Å². The van der Waals surface area contributed by atoms with Gasteiger partial charge >= 0.3 is 6.09 Å². The van der Waals surface area contributed by atoms with Crippen LogP contribution in [0.5, 0.6) is 0 Å². The molecule has 1 aromatic rings. The van der Waals surface area contributed by atoms with Crippen LogP contribution >= 0.6 is 0 Å². The van der Waals surface area contributed by atoms with Crippen LogP contribution in [0.3, 0.4) is 0 Å². The summed E-state index contributed by atoms with van der Waals surface area (Å²) in [6.07, 6.45) is 4.29. The summed E-state index contributed by atoms with van der Waals surface area (Å²) in [4.78, 5) is 40.1. The zero-order chi connectivity index (χ0) is 21.2. The molecule has 0 saturated heterocycles. The minimum atomic E-state index is -0.898. The van der Waals surface area contributed by atoms with E-state index in [1.165, 1.54) is 0 Å². The third-order valence-electron chi connectivity index (χ3n) is 5.29. The second-order valence-electron chi connectivity index (χ2n) is 8.99. The number of ether oxygens (including phenoxy) is 1. The van der Waals surface area contributed by atoms with Gasteiger partial charge in [-0.1, -0.05) is 25.3 Å². The van der Waals surface area contributed by atoms with Gasteiger partial charge in [0.15, 0.2) is 0 Å². The Labute approximate surface area is 172 Å². The zero-order valence-electron chi connectivity index (χ0n) is 17.7. The molecule has 1 aliphatic carbocycles. The lowest BCUT2D eigenvalue weighted by atomic mass is 9.88. The Morgan fingerprint density at radius 2 is 1.86 bits per heavy atom. The second kappa shape index (κ2) is 8.43. The molecule has 29 heavy (non-hydrogen) atoms. The Bertz CT molecular complexity index is 794. The molecular formula is C22H31N3O4. The maximum atomic E-state index is 13.4. The van der Waals surface area contributed by atoms with Crippen molar-refractivity contribution < 1.29 is 19.1 Å². The first-order valence-corrected chi connectivity index (χ1v) is 10.4. The molecule has 1 atom stereocenters. The van der Waals surface area contributed by atoms with E-state index in [-0.39, 0.29) is 24.3 Å². The van der Waals surface area contributed by atoms with Crippen molar-refractivity contribution in [3.05, 3.63) is 23.8 Å². The van der Waals surface area contributed by atoms with Gasteiger partial charge in [-0.15, -0.1) is 0 Å². The van der Waals surface area contributed by atoms with E-state index in [2.05, 4.69) is 10.6 Å². The SMILES string of the molecule is Cc1ccc2c(c1)NC(=O)C(NC(=O)OC(C)(C)C)CN2C(=O)C1CCCCC1. The summed E-state index contributed by atoms with van der Waals surface area (Å²) in [5.74, 6) is -0.391. The van der Waals surface area contributed by atoms with E-state index in [0.717, 1.165) is 37.7 Å². The normalized spacial score (nSPS) is 20.3. The molecule has 0 bridgehead atoms. The molecule has 3 amide bonds. The third kappa shape index (κ3) is 5.28. The number of benzene rings is 1. The first kappa shape index (κ1) is 21.1. The van der Waals surface area contributed by atoms with E-state index in [4.69, 9.17) is 4.74 Å². The number of carbonyl (C=O) groups is 3. The summed E-state index contributed by atoms with van der Waals surface area (Å²) >= 11 is 0. The number of amides is 3. The van der Waals surface area contributed by atoms with Crippen LogP contribution in [0.15, 0.2) is 18.2 Å².